The molecule has 2 atom stereocenters. The summed E-state index contributed by atoms with van der Waals surface area (Å²) >= 11 is 1.46. The minimum absolute atomic E-state index is 0.107. The lowest BCUT2D eigenvalue weighted by Crippen LogP contribution is -2.46. The average molecular weight is 361 g/mol. The predicted octanol–water partition coefficient (Wildman–Crippen LogP) is 2.22. The van der Waals surface area contributed by atoms with Gasteiger partial charge in [-0.25, -0.2) is 4.68 Å². The van der Waals surface area contributed by atoms with Crippen molar-refractivity contribution in [3.63, 3.8) is 0 Å². The zero-order valence-electron chi connectivity index (χ0n) is 14.9. The molecule has 1 amide bonds. The minimum Gasteiger partial charge on any atom is -0.497 e. The molecule has 7 nitrogen and oxygen atoms in total. The maximum Gasteiger partial charge on any atom is 0.238 e. The van der Waals surface area contributed by atoms with Crippen molar-refractivity contribution in [2.75, 3.05) is 25.6 Å². The summed E-state index contributed by atoms with van der Waals surface area (Å²) in [6.45, 7) is 7.26. The van der Waals surface area contributed by atoms with Crippen LogP contribution in [-0.4, -0.2) is 51.1 Å². The van der Waals surface area contributed by atoms with Gasteiger partial charge in [0.15, 0.2) is 0 Å². The van der Waals surface area contributed by atoms with Crippen LogP contribution in [0.4, 0.5) is 0 Å². The number of ether oxygens (including phenoxy) is 1. The van der Waals surface area contributed by atoms with Gasteiger partial charge in [-0.3, -0.25) is 4.79 Å². The molecule has 1 aromatic carbocycles. The summed E-state index contributed by atoms with van der Waals surface area (Å²) in [6.07, 6.45) is 0. The maximum atomic E-state index is 13.1. The molecule has 0 unspecified atom stereocenters. The van der Waals surface area contributed by atoms with Crippen LogP contribution in [0.1, 0.15) is 31.3 Å². The first kappa shape index (κ1) is 17.6. The molecule has 0 spiro atoms. The second kappa shape index (κ2) is 7.35. The number of hydrogen-bond acceptors (Lipinski definition) is 6. The SMILES string of the molecule is CCN(CC)C(=O)[C@@H]1Sc2nnc(C)n2N[C@H]1c1ccc(OC)cc1. The summed E-state index contributed by atoms with van der Waals surface area (Å²) in [6, 6.07) is 7.63. The van der Waals surface area contributed by atoms with Crippen molar-refractivity contribution < 1.29 is 9.53 Å². The Kier molecular flexibility index (Phi) is 5.17. The molecular weight excluding hydrogens is 338 g/mol. The molecule has 1 aliphatic rings. The largest absolute Gasteiger partial charge is 0.497 e. The van der Waals surface area contributed by atoms with Crippen LogP contribution in [0.5, 0.6) is 5.75 Å². The van der Waals surface area contributed by atoms with Gasteiger partial charge in [-0.15, -0.1) is 10.2 Å². The summed E-state index contributed by atoms with van der Waals surface area (Å²) in [4.78, 5) is 14.9. The number of aromatic nitrogens is 3. The van der Waals surface area contributed by atoms with Crippen LogP contribution in [0.25, 0.3) is 0 Å². The van der Waals surface area contributed by atoms with Crippen LogP contribution in [0, 0.1) is 6.92 Å². The quantitative estimate of drug-likeness (QED) is 0.880. The Labute approximate surface area is 151 Å². The van der Waals surface area contributed by atoms with E-state index in [0.29, 0.717) is 18.2 Å². The molecular formula is C17H23N5O2S. The number of carbonyl (C=O) groups excluding carboxylic acids is 1. The molecule has 1 aliphatic heterocycles. The smallest absolute Gasteiger partial charge is 0.238 e. The number of carbonyl (C=O) groups is 1. The highest BCUT2D eigenvalue weighted by Gasteiger charge is 2.38. The standard InChI is InChI=1S/C17H23N5O2S/c1-5-21(6-2)16(23)15-14(12-7-9-13(24-4)10-8-12)20-22-11(3)18-19-17(22)25-15/h7-10,14-15,20H,5-6H2,1-4H3/t14-,15+/m0/s1. The third-order valence-corrected chi connectivity index (χ3v) is 5.59. The maximum absolute atomic E-state index is 13.1. The van der Waals surface area contributed by atoms with E-state index in [1.54, 1.807) is 7.11 Å². The van der Waals surface area contributed by atoms with Crippen LogP contribution >= 0.6 is 11.8 Å². The molecule has 0 bridgehead atoms. The third kappa shape index (κ3) is 3.30. The van der Waals surface area contributed by atoms with Crippen molar-refractivity contribution in [1.82, 2.24) is 19.8 Å². The second-order valence-corrected chi connectivity index (χ2v) is 6.90. The average Bonchev–Trinajstić information content (AvgIpc) is 3.02. The Hall–Kier alpha value is -2.22. The Bertz CT molecular complexity index is 742. The Morgan fingerprint density at radius 1 is 1.28 bits per heavy atom. The number of amides is 1. The molecule has 0 aliphatic carbocycles. The molecule has 0 fully saturated rings. The van der Waals surface area contributed by atoms with Crippen LogP contribution in [0.2, 0.25) is 0 Å². The Morgan fingerprint density at radius 3 is 2.56 bits per heavy atom. The zero-order valence-corrected chi connectivity index (χ0v) is 15.7. The van der Waals surface area contributed by atoms with E-state index in [2.05, 4.69) is 15.6 Å². The highest BCUT2D eigenvalue weighted by molar-refractivity contribution is 8.00. The van der Waals surface area contributed by atoms with E-state index in [1.165, 1.54) is 11.8 Å². The van der Waals surface area contributed by atoms with Gasteiger partial charge in [0.2, 0.25) is 11.1 Å². The number of benzene rings is 1. The number of thioether (sulfide) groups is 1. The fourth-order valence-corrected chi connectivity index (χ4v) is 4.13. The molecule has 0 radical (unpaired) electrons. The monoisotopic (exact) mass is 361 g/mol. The zero-order chi connectivity index (χ0) is 18.0. The lowest BCUT2D eigenvalue weighted by Gasteiger charge is -2.35. The normalized spacial score (nSPS) is 19.0. The first-order valence-corrected chi connectivity index (χ1v) is 9.25. The van der Waals surface area contributed by atoms with E-state index in [-0.39, 0.29) is 17.2 Å². The van der Waals surface area contributed by atoms with Crippen LogP contribution < -0.4 is 10.2 Å². The van der Waals surface area contributed by atoms with Crippen molar-refractivity contribution in [3.8, 4) is 5.75 Å². The molecule has 3 rings (SSSR count). The van der Waals surface area contributed by atoms with E-state index in [0.717, 1.165) is 17.1 Å². The van der Waals surface area contributed by atoms with E-state index < -0.39 is 0 Å². The number of aryl methyl sites for hydroxylation is 1. The fraction of sp³-hybridized carbons (Fsp3) is 0.471. The molecule has 2 aromatic rings. The molecule has 2 heterocycles. The molecule has 0 saturated heterocycles. The number of nitrogens with zero attached hydrogens (tertiary/aromatic N) is 4. The summed E-state index contributed by atoms with van der Waals surface area (Å²) in [5.41, 5.74) is 4.44. The first-order valence-electron chi connectivity index (χ1n) is 8.37. The summed E-state index contributed by atoms with van der Waals surface area (Å²) in [5.74, 6) is 1.67. The van der Waals surface area contributed by atoms with E-state index >= 15 is 0 Å². The van der Waals surface area contributed by atoms with Gasteiger partial charge >= 0.3 is 0 Å². The van der Waals surface area contributed by atoms with Crippen LogP contribution in [0.15, 0.2) is 29.4 Å². The van der Waals surface area contributed by atoms with Gasteiger partial charge < -0.3 is 15.1 Å². The summed E-state index contributed by atoms with van der Waals surface area (Å²) in [5, 5.41) is 8.71. The highest BCUT2D eigenvalue weighted by Crippen LogP contribution is 2.38. The number of fused-ring (bicyclic) bond motifs is 1. The van der Waals surface area contributed by atoms with Gasteiger partial charge in [-0.1, -0.05) is 23.9 Å². The van der Waals surface area contributed by atoms with Crippen molar-refractivity contribution >= 4 is 17.7 Å². The molecule has 8 heteroatoms. The number of methoxy groups -OCH3 is 1. The Balaban J connectivity index is 1.97. The van der Waals surface area contributed by atoms with E-state index in [9.17, 15) is 4.79 Å². The molecule has 0 saturated carbocycles. The first-order chi connectivity index (χ1) is 12.1. The van der Waals surface area contributed by atoms with E-state index in [1.807, 2.05) is 54.6 Å². The number of nitrogens with one attached hydrogen (secondary N) is 1. The van der Waals surface area contributed by atoms with Gasteiger partial charge in [0, 0.05) is 13.1 Å². The summed E-state index contributed by atoms with van der Waals surface area (Å²) in [7, 11) is 1.64. The van der Waals surface area contributed by atoms with Gasteiger partial charge in [0.25, 0.3) is 0 Å². The Morgan fingerprint density at radius 2 is 1.96 bits per heavy atom. The lowest BCUT2D eigenvalue weighted by molar-refractivity contribution is -0.130. The summed E-state index contributed by atoms with van der Waals surface area (Å²) < 4.78 is 7.09. The van der Waals surface area contributed by atoms with Crippen molar-refractivity contribution in [3.05, 3.63) is 35.7 Å². The van der Waals surface area contributed by atoms with Crippen molar-refractivity contribution in [1.29, 1.82) is 0 Å². The van der Waals surface area contributed by atoms with Gasteiger partial charge in [-0.2, -0.15) is 0 Å². The third-order valence-electron chi connectivity index (χ3n) is 4.39. The molecule has 1 N–H and O–H groups in total. The fourth-order valence-electron chi connectivity index (χ4n) is 2.93. The predicted molar refractivity (Wildman–Crippen MR) is 97.4 cm³/mol. The molecule has 134 valence electrons. The number of rotatable bonds is 5. The highest BCUT2D eigenvalue weighted by atomic mass is 32.2. The molecule has 1 aromatic heterocycles. The van der Waals surface area contributed by atoms with Crippen LogP contribution in [-0.2, 0) is 4.79 Å². The minimum atomic E-state index is -0.301. The van der Waals surface area contributed by atoms with Crippen molar-refractivity contribution in [2.24, 2.45) is 0 Å². The van der Waals surface area contributed by atoms with E-state index in [4.69, 9.17) is 4.74 Å². The van der Waals surface area contributed by atoms with Gasteiger partial charge in [0.1, 0.15) is 16.8 Å². The molecule has 25 heavy (non-hydrogen) atoms. The number of hydrogen-bond donors (Lipinski definition) is 1. The second-order valence-electron chi connectivity index (χ2n) is 5.79. The topological polar surface area (TPSA) is 72.3 Å². The lowest BCUT2D eigenvalue weighted by atomic mass is 10.0. The van der Waals surface area contributed by atoms with Crippen molar-refractivity contribution in [2.45, 2.75) is 37.2 Å². The van der Waals surface area contributed by atoms with Gasteiger partial charge in [0.05, 0.1) is 13.2 Å². The van der Waals surface area contributed by atoms with Gasteiger partial charge in [-0.05, 0) is 38.5 Å². The van der Waals surface area contributed by atoms with Crippen LogP contribution in [0.3, 0.4) is 0 Å².